The number of rotatable bonds is 6. The zero-order valence-corrected chi connectivity index (χ0v) is 16.9. The zero-order chi connectivity index (χ0) is 20.4. The summed E-state index contributed by atoms with van der Waals surface area (Å²) in [5.41, 5.74) is 2.32. The topological polar surface area (TPSA) is 82.4 Å². The van der Waals surface area contributed by atoms with Crippen LogP contribution in [0, 0.1) is 0 Å². The van der Waals surface area contributed by atoms with Gasteiger partial charge in [-0.1, -0.05) is 18.2 Å². The minimum absolute atomic E-state index is 0.302. The molecule has 0 saturated carbocycles. The molecule has 0 spiro atoms. The first-order chi connectivity index (χ1) is 14.0. The van der Waals surface area contributed by atoms with Gasteiger partial charge in [0.15, 0.2) is 6.10 Å². The molecule has 150 valence electrons. The molecule has 1 amide bonds. The van der Waals surface area contributed by atoms with E-state index in [0.717, 1.165) is 22.7 Å². The van der Waals surface area contributed by atoms with Crippen LogP contribution < -0.4 is 14.8 Å². The van der Waals surface area contributed by atoms with Crippen LogP contribution >= 0.6 is 0 Å². The van der Waals surface area contributed by atoms with Crippen molar-refractivity contribution in [2.24, 2.45) is 0 Å². The van der Waals surface area contributed by atoms with E-state index in [1.165, 1.54) is 0 Å². The number of ether oxygens (including phenoxy) is 2. The van der Waals surface area contributed by atoms with Crippen molar-refractivity contribution in [1.29, 1.82) is 0 Å². The van der Waals surface area contributed by atoms with Crippen LogP contribution in [0.4, 0.5) is 5.82 Å². The lowest BCUT2D eigenvalue weighted by atomic mass is 10.2. The second kappa shape index (κ2) is 8.08. The fourth-order valence-electron chi connectivity index (χ4n) is 3.14. The van der Waals surface area contributed by atoms with E-state index in [-0.39, 0.29) is 5.91 Å². The lowest BCUT2D eigenvalue weighted by Crippen LogP contribution is -2.31. The molecule has 7 nitrogen and oxygen atoms in total. The van der Waals surface area contributed by atoms with Crippen LogP contribution in [0.5, 0.6) is 11.5 Å². The quantitative estimate of drug-likeness (QED) is 0.674. The Morgan fingerprint density at radius 1 is 1.10 bits per heavy atom. The summed E-state index contributed by atoms with van der Waals surface area (Å²) in [6.45, 7) is 1.69. The summed E-state index contributed by atoms with van der Waals surface area (Å²) in [6, 6.07) is 16.5. The van der Waals surface area contributed by atoms with Crippen molar-refractivity contribution in [2.45, 2.75) is 24.5 Å². The molecule has 0 aliphatic carbocycles. The summed E-state index contributed by atoms with van der Waals surface area (Å²) in [5.74, 6) is 2.33. The molecule has 2 atom stereocenters. The van der Waals surface area contributed by atoms with Gasteiger partial charge in [-0.2, -0.15) is 5.10 Å². The summed E-state index contributed by atoms with van der Waals surface area (Å²) in [6.07, 6.45) is -0.709. The van der Waals surface area contributed by atoms with Crippen LogP contribution in [0.2, 0.25) is 0 Å². The van der Waals surface area contributed by atoms with Crippen LogP contribution in [-0.4, -0.2) is 33.1 Å². The standard InChI is InChI=1S/C21H21N3O4S/c1-14(28-17-6-4-3-5-7-17)21(25)22-20-18-12-29(26)13-19(18)23-24(20)15-8-10-16(27-2)11-9-15/h3-11,14H,12-13H2,1-2H3,(H,22,25)/t14-,29-/m1/s1. The molecular formula is C21H21N3O4S. The van der Waals surface area contributed by atoms with Crippen LogP contribution in [0.1, 0.15) is 18.2 Å². The molecule has 2 heterocycles. The average molecular weight is 411 g/mol. The van der Waals surface area contributed by atoms with Crippen molar-refractivity contribution in [3.8, 4) is 17.2 Å². The van der Waals surface area contributed by atoms with Gasteiger partial charge in [0.25, 0.3) is 5.91 Å². The number of nitrogens with zero attached hydrogens (tertiary/aromatic N) is 2. The van der Waals surface area contributed by atoms with Crippen LogP contribution in [0.3, 0.4) is 0 Å². The third-order valence-electron chi connectivity index (χ3n) is 4.65. The van der Waals surface area contributed by atoms with Crippen molar-refractivity contribution in [3.05, 3.63) is 65.9 Å². The van der Waals surface area contributed by atoms with E-state index >= 15 is 0 Å². The molecule has 1 aromatic heterocycles. The zero-order valence-electron chi connectivity index (χ0n) is 16.1. The highest BCUT2D eigenvalue weighted by Crippen LogP contribution is 2.32. The molecule has 1 aliphatic heterocycles. The van der Waals surface area contributed by atoms with E-state index in [4.69, 9.17) is 9.47 Å². The maximum atomic E-state index is 12.8. The molecule has 1 N–H and O–H groups in total. The van der Waals surface area contributed by atoms with Crippen molar-refractivity contribution in [3.63, 3.8) is 0 Å². The Morgan fingerprint density at radius 2 is 1.83 bits per heavy atom. The molecule has 0 bridgehead atoms. The van der Waals surface area contributed by atoms with Gasteiger partial charge in [0.05, 0.1) is 30.0 Å². The Bertz CT molecular complexity index is 1050. The lowest BCUT2D eigenvalue weighted by Gasteiger charge is -2.16. The third kappa shape index (κ3) is 4.02. The lowest BCUT2D eigenvalue weighted by molar-refractivity contribution is -0.122. The number of hydrogen-bond acceptors (Lipinski definition) is 5. The first kappa shape index (κ1) is 19.2. The van der Waals surface area contributed by atoms with Crippen molar-refractivity contribution >= 4 is 22.5 Å². The Labute approximate surface area is 171 Å². The van der Waals surface area contributed by atoms with E-state index < -0.39 is 16.9 Å². The minimum atomic E-state index is -1.00. The van der Waals surface area contributed by atoms with Gasteiger partial charge in [-0.25, -0.2) is 4.68 Å². The maximum Gasteiger partial charge on any atom is 0.266 e. The van der Waals surface area contributed by atoms with Crippen LogP contribution in [0.15, 0.2) is 54.6 Å². The molecule has 2 aromatic carbocycles. The first-order valence-corrected chi connectivity index (χ1v) is 10.7. The predicted octanol–water partition coefficient (Wildman–Crippen LogP) is 3.05. The van der Waals surface area contributed by atoms with E-state index in [0.29, 0.717) is 23.1 Å². The maximum absolute atomic E-state index is 12.8. The highest BCUT2D eigenvalue weighted by molar-refractivity contribution is 7.83. The monoisotopic (exact) mass is 411 g/mol. The molecule has 1 aliphatic rings. The van der Waals surface area contributed by atoms with Gasteiger partial charge >= 0.3 is 0 Å². The van der Waals surface area contributed by atoms with Gasteiger partial charge < -0.3 is 14.8 Å². The summed E-state index contributed by atoms with van der Waals surface area (Å²) in [4.78, 5) is 12.8. The molecule has 8 heteroatoms. The Kier molecular flexibility index (Phi) is 5.35. The van der Waals surface area contributed by atoms with Crippen molar-refractivity contribution in [1.82, 2.24) is 9.78 Å². The number of carbonyl (C=O) groups excluding carboxylic acids is 1. The van der Waals surface area contributed by atoms with Gasteiger partial charge in [-0.3, -0.25) is 9.00 Å². The normalized spacial score (nSPS) is 16.1. The van der Waals surface area contributed by atoms with Crippen molar-refractivity contribution in [2.75, 3.05) is 12.4 Å². The minimum Gasteiger partial charge on any atom is -0.497 e. The van der Waals surface area contributed by atoms with Gasteiger partial charge in [-0.05, 0) is 43.3 Å². The largest absolute Gasteiger partial charge is 0.497 e. The summed E-state index contributed by atoms with van der Waals surface area (Å²) >= 11 is 0. The Balaban J connectivity index is 1.61. The van der Waals surface area contributed by atoms with Crippen molar-refractivity contribution < 1.29 is 18.5 Å². The van der Waals surface area contributed by atoms with Gasteiger partial charge in [0, 0.05) is 16.4 Å². The average Bonchev–Trinajstić information content (AvgIpc) is 3.25. The fraction of sp³-hybridized carbons (Fsp3) is 0.238. The molecule has 29 heavy (non-hydrogen) atoms. The number of hydrogen-bond donors (Lipinski definition) is 1. The number of methoxy groups -OCH3 is 1. The number of amides is 1. The Morgan fingerprint density at radius 3 is 2.52 bits per heavy atom. The number of anilines is 1. The van der Waals surface area contributed by atoms with Gasteiger partial charge in [0.1, 0.15) is 17.3 Å². The van der Waals surface area contributed by atoms with E-state index in [1.54, 1.807) is 30.8 Å². The molecule has 3 aromatic rings. The number of carbonyl (C=O) groups is 1. The Hall–Kier alpha value is -3.13. The summed E-state index contributed by atoms with van der Waals surface area (Å²) in [5, 5.41) is 7.52. The summed E-state index contributed by atoms with van der Waals surface area (Å²) in [7, 11) is 0.600. The van der Waals surface area contributed by atoms with E-state index in [9.17, 15) is 9.00 Å². The van der Waals surface area contributed by atoms with E-state index in [1.807, 2.05) is 42.5 Å². The molecule has 0 radical (unpaired) electrons. The molecule has 0 fully saturated rings. The molecule has 0 unspecified atom stereocenters. The second-order valence-electron chi connectivity index (χ2n) is 6.67. The SMILES string of the molecule is COc1ccc(-n2nc3c(c2NC(=O)[C@@H](C)Oc2ccccc2)C[S@@](=O)C3)cc1. The van der Waals surface area contributed by atoms with Gasteiger partial charge in [-0.15, -0.1) is 0 Å². The number of nitrogens with one attached hydrogen (secondary N) is 1. The fourth-order valence-corrected chi connectivity index (χ4v) is 4.41. The molecule has 4 rings (SSSR count). The summed E-state index contributed by atoms with van der Waals surface area (Å²) < 4.78 is 24.6. The van der Waals surface area contributed by atoms with Gasteiger partial charge in [0.2, 0.25) is 0 Å². The smallest absolute Gasteiger partial charge is 0.266 e. The molecule has 0 saturated heterocycles. The number of aromatic nitrogens is 2. The first-order valence-electron chi connectivity index (χ1n) is 9.18. The number of benzene rings is 2. The molecular weight excluding hydrogens is 390 g/mol. The second-order valence-corrected chi connectivity index (χ2v) is 8.13. The highest BCUT2D eigenvalue weighted by Gasteiger charge is 2.29. The highest BCUT2D eigenvalue weighted by atomic mass is 32.2. The van der Waals surface area contributed by atoms with Crippen LogP contribution in [-0.2, 0) is 27.1 Å². The predicted molar refractivity (Wildman–Crippen MR) is 111 cm³/mol. The van der Waals surface area contributed by atoms with Crippen LogP contribution in [0.25, 0.3) is 5.69 Å². The third-order valence-corrected chi connectivity index (χ3v) is 5.86. The number of para-hydroxylation sites is 1. The number of fused-ring (bicyclic) bond motifs is 1. The van der Waals surface area contributed by atoms with E-state index in [2.05, 4.69) is 10.4 Å².